The molecule has 66 valence electrons. The molecule has 1 rings (SSSR count). The molecule has 0 saturated heterocycles. The normalized spacial score (nSPS) is 11.3. The summed E-state index contributed by atoms with van der Waals surface area (Å²) in [5, 5.41) is 0. The third-order valence-electron chi connectivity index (χ3n) is 1.09. The number of benzene rings is 1. The Morgan fingerprint density at radius 2 is 1.75 bits per heavy atom. The van der Waals surface area contributed by atoms with Crippen LogP contribution in [0, 0.1) is 0 Å². The lowest BCUT2D eigenvalue weighted by Gasteiger charge is -2.06. The molecular weight excluding hydrogens is 243 g/mol. The second-order valence-electron chi connectivity index (χ2n) is 2.38. The molecule has 0 spiro atoms. The molecule has 0 aliphatic heterocycles. The summed E-state index contributed by atoms with van der Waals surface area (Å²) in [6.07, 6.45) is 0. The van der Waals surface area contributed by atoms with E-state index in [9.17, 15) is 0 Å². The van der Waals surface area contributed by atoms with Crippen molar-refractivity contribution in [3.63, 3.8) is 0 Å². The summed E-state index contributed by atoms with van der Waals surface area (Å²) in [5.41, 5.74) is 0. The van der Waals surface area contributed by atoms with Crippen molar-refractivity contribution in [1.29, 1.82) is 0 Å². The molecule has 0 atom stereocenters. The van der Waals surface area contributed by atoms with Gasteiger partial charge in [0.15, 0.2) is 5.75 Å². The highest BCUT2D eigenvalue weighted by Crippen LogP contribution is 2.46. The molecule has 0 unspecified atom stereocenters. The van der Waals surface area contributed by atoms with Crippen molar-refractivity contribution in [1.82, 2.24) is 0 Å². The molecule has 0 aliphatic carbocycles. The fraction of sp³-hybridized carbons (Fsp3) is 0.143. The Labute approximate surface area is 79.7 Å². The third-order valence-corrected chi connectivity index (χ3v) is 2.18. The maximum Gasteiger partial charge on any atom is 0.448 e. The molecule has 0 amide bonds. The van der Waals surface area contributed by atoms with Crippen LogP contribution in [0.15, 0.2) is 28.7 Å². The Bertz CT molecular complexity index is 254. The van der Waals surface area contributed by atoms with Crippen molar-refractivity contribution < 1.29 is 14.3 Å². The summed E-state index contributed by atoms with van der Waals surface area (Å²) in [6, 6.07) is 6.86. The van der Waals surface area contributed by atoms with E-state index < -0.39 is 7.94 Å². The summed E-state index contributed by atoms with van der Waals surface area (Å²) < 4.78 is 5.78. The van der Waals surface area contributed by atoms with Crippen LogP contribution in [0.5, 0.6) is 5.75 Å². The number of hydrogen-bond donors (Lipinski definition) is 2. The highest BCUT2D eigenvalue weighted by atomic mass is 79.9. The van der Waals surface area contributed by atoms with Gasteiger partial charge in [-0.1, -0.05) is 15.9 Å². The predicted molar refractivity (Wildman–Crippen MR) is 52.1 cm³/mol. The van der Waals surface area contributed by atoms with E-state index in [2.05, 4.69) is 15.9 Å². The SMILES string of the molecule is C[P+](O)(O)Oc1ccc(Br)cc1. The first kappa shape index (κ1) is 9.93. The first-order chi connectivity index (χ1) is 5.47. The van der Waals surface area contributed by atoms with Gasteiger partial charge in [-0.25, -0.2) is 0 Å². The Morgan fingerprint density at radius 3 is 2.17 bits per heavy atom. The fourth-order valence-electron chi connectivity index (χ4n) is 0.695. The van der Waals surface area contributed by atoms with Crippen molar-refractivity contribution in [3.05, 3.63) is 28.7 Å². The molecule has 0 heterocycles. The maximum atomic E-state index is 8.97. The molecule has 12 heavy (non-hydrogen) atoms. The first-order valence-corrected chi connectivity index (χ1v) is 6.10. The Morgan fingerprint density at radius 1 is 1.25 bits per heavy atom. The van der Waals surface area contributed by atoms with Crippen molar-refractivity contribution in [2.75, 3.05) is 6.66 Å². The van der Waals surface area contributed by atoms with Gasteiger partial charge in [0.2, 0.25) is 0 Å². The van der Waals surface area contributed by atoms with Crippen molar-refractivity contribution in [2.24, 2.45) is 0 Å². The van der Waals surface area contributed by atoms with Crippen molar-refractivity contribution >= 4 is 23.9 Å². The van der Waals surface area contributed by atoms with E-state index in [4.69, 9.17) is 14.3 Å². The molecule has 0 radical (unpaired) electrons. The van der Waals surface area contributed by atoms with Gasteiger partial charge < -0.3 is 0 Å². The summed E-state index contributed by atoms with van der Waals surface area (Å²) in [5.74, 6) is 0.457. The number of halogens is 1. The molecule has 0 aromatic heterocycles. The molecular formula is C7H9BrO3P+. The topological polar surface area (TPSA) is 49.7 Å². The highest BCUT2D eigenvalue weighted by Gasteiger charge is 2.28. The number of rotatable bonds is 2. The van der Waals surface area contributed by atoms with Gasteiger partial charge in [0.25, 0.3) is 0 Å². The minimum absolute atomic E-state index is 0.457. The summed E-state index contributed by atoms with van der Waals surface area (Å²) in [7, 11) is -3.17. The van der Waals surface area contributed by atoms with Crippen LogP contribution in [-0.4, -0.2) is 16.5 Å². The van der Waals surface area contributed by atoms with Gasteiger partial charge in [-0.05, 0) is 24.3 Å². The zero-order valence-electron chi connectivity index (χ0n) is 6.44. The minimum Gasteiger partial charge on any atom is -0.287 e. The van der Waals surface area contributed by atoms with E-state index in [1.54, 1.807) is 24.3 Å². The molecule has 1 aromatic carbocycles. The second-order valence-corrected chi connectivity index (χ2v) is 5.15. The molecule has 1 aromatic rings. The Kier molecular flexibility index (Phi) is 3.07. The van der Waals surface area contributed by atoms with E-state index in [0.29, 0.717) is 5.75 Å². The molecule has 0 saturated carbocycles. The van der Waals surface area contributed by atoms with Gasteiger partial charge in [0.1, 0.15) is 6.66 Å². The van der Waals surface area contributed by atoms with Gasteiger partial charge in [0.05, 0.1) is 0 Å². The zero-order valence-corrected chi connectivity index (χ0v) is 8.92. The predicted octanol–water partition coefficient (Wildman–Crippen LogP) is 2.20. The second kappa shape index (κ2) is 3.71. The lowest BCUT2D eigenvalue weighted by Crippen LogP contribution is -1.96. The van der Waals surface area contributed by atoms with E-state index in [0.717, 1.165) is 4.47 Å². The molecule has 2 N–H and O–H groups in total. The minimum atomic E-state index is -3.17. The summed E-state index contributed by atoms with van der Waals surface area (Å²) >= 11 is 3.25. The largest absolute Gasteiger partial charge is 0.448 e. The smallest absolute Gasteiger partial charge is 0.287 e. The van der Waals surface area contributed by atoms with E-state index in [1.165, 1.54) is 6.66 Å². The molecule has 0 fully saturated rings. The molecule has 0 bridgehead atoms. The van der Waals surface area contributed by atoms with Gasteiger partial charge in [-0.2, -0.15) is 9.79 Å². The van der Waals surface area contributed by atoms with Gasteiger partial charge in [0, 0.05) is 4.47 Å². The Hall–Kier alpha value is -0.150. The fourth-order valence-corrected chi connectivity index (χ4v) is 1.48. The molecule has 3 nitrogen and oxygen atoms in total. The average Bonchev–Trinajstić information content (AvgIpc) is 1.91. The van der Waals surface area contributed by atoms with Crippen LogP contribution in [0.3, 0.4) is 0 Å². The average molecular weight is 252 g/mol. The van der Waals surface area contributed by atoms with Crippen LogP contribution >= 0.6 is 23.9 Å². The maximum absolute atomic E-state index is 8.97. The Balaban J connectivity index is 2.71. The quantitative estimate of drug-likeness (QED) is 0.793. The highest BCUT2D eigenvalue weighted by molar-refractivity contribution is 9.10. The van der Waals surface area contributed by atoms with Crippen LogP contribution in [0.1, 0.15) is 0 Å². The standard InChI is InChI=1S/C7H9BrO3P/c1-12(9,10)11-7-4-2-6(8)3-5-7/h2-5,9-10H,1H3/q+1. The van der Waals surface area contributed by atoms with Crippen molar-refractivity contribution in [3.8, 4) is 5.75 Å². The van der Waals surface area contributed by atoms with Gasteiger partial charge in [-0.3, -0.25) is 4.52 Å². The van der Waals surface area contributed by atoms with E-state index >= 15 is 0 Å². The lowest BCUT2D eigenvalue weighted by atomic mass is 10.3. The van der Waals surface area contributed by atoms with Crippen LogP contribution in [0.4, 0.5) is 0 Å². The van der Waals surface area contributed by atoms with Crippen LogP contribution in [0.2, 0.25) is 0 Å². The third kappa shape index (κ3) is 3.50. The van der Waals surface area contributed by atoms with Gasteiger partial charge in [-0.15, -0.1) is 0 Å². The van der Waals surface area contributed by atoms with Crippen LogP contribution in [0.25, 0.3) is 0 Å². The molecule has 0 aliphatic rings. The van der Waals surface area contributed by atoms with E-state index in [1.807, 2.05) is 0 Å². The van der Waals surface area contributed by atoms with Gasteiger partial charge >= 0.3 is 7.94 Å². The van der Waals surface area contributed by atoms with E-state index in [-0.39, 0.29) is 0 Å². The zero-order chi connectivity index (χ0) is 9.19. The lowest BCUT2D eigenvalue weighted by molar-refractivity contribution is 0.347. The molecule has 5 heteroatoms. The summed E-state index contributed by atoms with van der Waals surface area (Å²) in [4.78, 5) is 17.9. The number of hydrogen-bond acceptors (Lipinski definition) is 3. The monoisotopic (exact) mass is 251 g/mol. The van der Waals surface area contributed by atoms with Crippen LogP contribution in [-0.2, 0) is 0 Å². The summed E-state index contributed by atoms with van der Waals surface area (Å²) in [6.45, 7) is 1.26. The van der Waals surface area contributed by atoms with Crippen molar-refractivity contribution in [2.45, 2.75) is 0 Å². The first-order valence-electron chi connectivity index (χ1n) is 3.24. The van der Waals surface area contributed by atoms with Crippen LogP contribution < -0.4 is 4.52 Å².